The maximum absolute atomic E-state index is 12.8. The number of anilines is 1. The molecule has 0 atom stereocenters. The van der Waals surface area contributed by atoms with Crippen molar-refractivity contribution in [2.75, 3.05) is 24.5 Å². The Morgan fingerprint density at radius 1 is 1.04 bits per heavy atom. The predicted molar refractivity (Wildman–Crippen MR) is 98.8 cm³/mol. The van der Waals surface area contributed by atoms with Crippen LogP contribution in [0.2, 0.25) is 0 Å². The zero-order chi connectivity index (χ0) is 17.4. The SMILES string of the molecule is O=C(c1ccsc1)N1CCCc2cc(S(=O)(=O)N3CCCC3)ccc21. The first-order valence-corrected chi connectivity index (χ1v) is 10.9. The standard InChI is InChI=1S/C18H20N2O3S2/c21-18(15-7-11-24-13-15)20-10-3-4-14-12-16(5-6-17(14)20)25(22,23)19-8-1-2-9-19/h5-7,11-13H,1-4,8-10H2. The molecule has 1 aromatic carbocycles. The Bertz CT molecular complexity index is 885. The van der Waals surface area contributed by atoms with Gasteiger partial charge in [0.2, 0.25) is 10.0 Å². The third-order valence-corrected chi connectivity index (χ3v) is 7.46. The highest BCUT2D eigenvalue weighted by molar-refractivity contribution is 7.89. The maximum Gasteiger partial charge on any atom is 0.259 e. The number of rotatable bonds is 3. The molecule has 0 radical (unpaired) electrons. The zero-order valence-electron chi connectivity index (χ0n) is 13.8. The van der Waals surface area contributed by atoms with Gasteiger partial charge in [0.05, 0.1) is 10.5 Å². The van der Waals surface area contributed by atoms with Crippen LogP contribution in [0.3, 0.4) is 0 Å². The number of nitrogens with zero attached hydrogens (tertiary/aromatic N) is 2. The van der Waals surface area contributed by atoms with E-state index in [1.807, 2.05) is 16.8 Å². The molecule has 25 heavy (non-hydrogen) atoms. The van der Waals surface area contributed by atoms with Crippen molar-refractivity contribution < 1.29 is 13.2 Å². The summed E-state index contributed by atoms with van der Waals surface area (Å²) in [4.78, 5) is 14.8. The van der Waals surface area contributed by atoms with Gasteiger partial charge in [0.25, 0.3) is 5.91 Å². The summed E-state index contributed by atoms with van der Waals surface area (Å²) in [5, 5.41) is 3.74. The minimum Gasteiger partial charge on any atom is -0.308 e. The molecule has 7 heteroatoms. The van der Waals surface area contributed by atoms with Gasteiger partial charge in [-0.2, -0.15) is 15.6 Å². The second kappa shape index (κ2) is 6.55. The molecule has 1 amide bonds. The largest absolute Gasteiger partial charge is 0.308 e. The Morgan fingerprint density at radius 3 is 2.56 bits per heavy atom. The highest BCUT2D eigenvalue weighted by atomic mass is 32.2. The first-order valence-electron chi connectivity index (χ1n) is 8.54. The zero-order valence-corrected chi connectivity index (χ0v) is 15.5. The number of carbonyl (C=O) groups excluding carboxylic acids is 1. The van der Waals surface area contributed by atoms with Crippen molar-refractivity contribution in [3.8, 4) is 0 Å². The van der Waals surface area contributed by atoms with Crippen molar-refractivity contribution in [1.82, 2.24) is 4.31 Å². The molecule has 0 aliphatic carbocycles. The quantitative estimate of drug-likeness (QED) is 0.827. The first-order chi connectivity index (χ1) is 12.1. The number of fused-ring (bicyclic) bond motifs is 1. The average Bonchev–Trinajstić information content (AvgIpc) is 3.33. The Hall–Kier alpha value is -1.70. The van der Waals surface area contributed by atoms with Gasteiger partial charge in [0.1, 0.15) is 0 Å². The molecule has 5 nitrogen and oxygen atoms in total. The Morgan fingerprint density at radius 2 is 1.84 bits per heavy atom. The second-order valence-electron chi connectivity index (χ2n) is 6.47. The van der Waals surface area contributed by atoms with Gasteiger partial charge in [-0.1, -0.05) is 0 Å². The molecule has 0 unspecified atom stereocenters. The highest BCUT2D eigenvalue weighted by Gasteiger charge is 2.30. The van der Waals surface area contributed by atoms with E-state index in [4.69, 9.17) is 0 Å². The summed E-state index contributed by atoms with van der Waals surface area (Å²) in [6.07, 6.45) is 3.49. The average molecular weight is 377 g/mol. The Labute approximate surface area is 151 Å². The summed E-state index contributed by atoms with van der Waals surface area (Å²) in [5.41, 5.74) is 2.46. The predicted octanol–water partition coefficient (Wildman–Crippen LogP) is 3.13. The third-order valence-electron chi connectivity index (χ3n) is 4.89. The lowest BCUT2D eigenvalue weighted by Gasteiger charge is -2.30. The van der Waals surface area contributed by atoms with Crippen LogP contribution in [0.15, 0.2) is 39.9 Å². The van der Waals surface area contributed by atoms with Gasteiger partial charge in [-0.05, 0) is 60.9 Å². The molecule has 0 N–H and O–H groups in total. The molecule has 1 saturated heterocycles. The molecule has 2 aliphatic heterocycles. The van der Waals surface area contributed by atoms with Crippen LogP contribution < -0.4 is 4.90 Å². The summed E-state index contributed by atoms with van der Waals surface area (Å²) in [6.45, 7) is 1.87. The van der Waals surface area contributed by atoms with Gasteiger partial charge in [-0.25, -0.2) is 8.42 Å². The van der Waals surface area contributed by atoms with Crippen LogP contribution in [-0.4, -0.2) is 38.3 Å². The molecular weight excluding hydrogens is 356 g/mol. The lowest BCUT2D eigenvalue weighted by Crippen LogP contribution is -2.35. The molecule has 1 aromatic heterocycles. The fourth-order valence-corrected chi connectivity index (χ4v) is 5.76. The minimum atomic E-state index is -3.42. The Kier molecular flexibility index (Phi) is 4.39. The summed E-state index contributed by atoms with van der Waals surface area (Å²) in [6, 6.07) is 7.02. The molecule has 0 bridgehead atoms. The van der Waals surface area contributed by atoms with E-state index in [1.54, 1.807) is 27.4 Å². The lowest BCUT2D eigenvalue weighted by molar-refractivity contribution is 0.0985. The van der Waals surface area contributed by atoms with Crippen LogP contribution >= 0.6 is 11.3 Å². The van der Waals surface area contributed by atoms with Crippen molar-refractivity contribution in [1.29, 1.82) is 0 Å². The molecule has 0 saturated carbocycles. The first kappa shape index (κ1) is 16.8. The summed E-state index contributed by atoms with van der Waals surface area (Å²) in [5.74, 6) is -0.0163. The fraction of sp³-hybridized carbons (Fsp3) is 0.389. The molecule has 3 heterocycles. The monoisotopic (exact) mass is 376 g/mol. The number of hydrogen-bond acceptors (Lipinski definition) is 4. The molecular formula is C18H20N2O3S2. The van der Waals surface area contributed by atoms with Crippen LogP contribution in [-0.2, 0) is 16.4 Å². The molecule has 2 aliphatic rings. The molecule has 0 spiro atoms. The summed E-state index contributed by atoms with van der Waals surface area (Å²) in [7, 11) is -3.42. The van der Waals surface area contributed by atoms with Gasteiger partial charge in [0, 0.05) is 30.7 Å². The molecule has 4 rings (SSSR count). The molecule has 1 fully saturated rings. The maximum atomic E-state index is 12.8. The van der Waals surface area contributed by atoms with E-state index in [0.717, 1.165) is 36.9 Å². The van der Waals surface area contributed by atoms with Gasteiger partial charge in [-0.3, -0.25) is 4.79 Å². The van der Waals surface area contributed by atoms with Gasteiger partial charge in [-0.15, -0.1) is 0 Å². The van der Waals surface area contributed by atoms with Gasteiger partial charge < -0.3 is 4.90 Å². The normalized spacial score (nSPS) is 18.3. The van der Waals surface area contributed by atoms with E-state index in [0.29, 0.717) is 30.1 Å². The van der Waals surface area contributed by atoms with Crippen molar-refractivity contribution in [3.05, 3.63) is 46.2 Å². The fourth-order valence-electron chi connectivity index (χ4n) is 3.56. The van der Waals surface area contributed by atoms with E-state index >= 15 is 0 Å². The molecule has 132 valence electrons. The van der Waals surface area contributed by atoms with E-state index in [1.165, 1.54) is 11.3 Å². The Balaban J connectivity index is 1.67. The summed E-state index contributed by atoms with van der Waals surface area (Å²) < 4.78 is 27.1. The van der Waals surface area contributed by atoms with E-state index in [-0.39, 0.29) is 5.91 Å². The number of benzene rings is 1. The summed E-state index contributed by atoms with van der Waals surface area (Å²) >= 11 is 1.50. The van der Waals surface area contributed by atoms with Crippen molar-refractivity contribution in [2.24, 2.45) is 0 Å². The number of carbonyl (C=O) groups is 1. The number of sulfonamides is 1. The van der Waals surface area contributed by atoms with Crippen molar-refractivity contribution >= 4 is 33.0 Å². The highest BCUT2D eigenvalue weighted by Crippen LogP contribution is 2.32. The van der Waals surface area contributed by atoms with Crippen LogP contribution in [0.4, 0.5) is 5.69 Å². The van der Waals surface area contributed by atoms with Crippen LogP contribution in [0.1, 0.15) is 35.2 Å². The minimum absolute atomic E-state index is 0.0163. The second-order valence-corrected chi connectivity index (χ2v) is 9.19. The third kappa shape index (κ3) is 3.01. The smallest absolute Gasteiger partial charge is 0.259 e. The van der Waals surface area contributed by atoms with Gasteiger partial charge >= 0.3 is 0 Å². The van der Waals surface area contributed by atoms with Gasteiger partial charge in [0.15, 0.2) is 0 Å². The number of hydrogen-bond donors (Lipinski definition) is 0. The van der Waals surface area contributed by atoms with Crippen molar-refractivity contribution in [2.45, 2.75) is 30.6 Å². The van der Waals surface area contributed by atoms with Crippen LogP contribution in [0, 0.1) is 0 Å². The lowest BCUT2D eigenvalue weighted by atomic mass is 10.0. The van der Waals surface area contributed by atoms with E-state index in [2.05, 4.69) is 0 Å². The topological polar surface area (TPSA) is 57.7 Å². The van der Waals surface area contributed by atoms with E-state index in [9.17, 15) is 13.2 Å². The van der Waals surface area contributed by atoms with E-state index < -0.39 is 10.0 Å². The number of amides is 1. The molecule has 2 aromatic rings. The van der Waals surface area contributed by atoms with Crippen molar-refractivity contribution in [3.63, 3.8) is 0 Å². The number of aryl methyl sites for hydroxylation is 1. The number of thiophene rings is 1. The van der Waals surface area contributed by atoms with Crippen LogP contribution in [0.5, 0.6) is 0 Å². The van der Waals surface area contributed by atoms with Crippen LogP contribution in [0.25, 0.3) is 0 Å².